The van der Waals surface area contributed by atoms with Crippen molar-refractivity contribution in [1.82, 2.24) is 0 Å². The van der Waals surface area contributed by atoms with E-state index < -0.39 is 0 Å². The van der Waals surface area contributed by atoms with E-state index in [1.54, 1.807) is 0 Å². The van der Waals surface area contributed by atoms with E-state index in [9.17, 15) is 0 Å². The van der Waals surface area contributed by atoms with Crippen LogP contribution in [0, 0.1) is 0 Å². The average molecular weight is 284 g/mol. The highest BCUT2D eigenvalue weighted by molar-refractivity contribution is 5.20. The predicted molar refractivity (Wildman–Crippen MR) is 88.3 cm³/mol. The van der Waals surface area contributed by atoms with E-state index in [4.69, 9.17) is 4.74 Å². The molecule has 0 aliphatic rings. The number of quaternary nitrogens is 1. The molecule has 0 saturated heterocycles. The van der Waals surface area contributed by atoms with Gasteiger partial charge >= 0.3 is 0 Å². The van der Waals surface area contributed by atoms with Crippen molar-refractivity contribution in [3.8, 4) is 5.75 Å². The summed E-state index contributed by atoms with van der Waals surface area (Å²) in [5.74, 6) is 0.961. The molecule has 0 fully saturated rings. The Labute approximate surface area is 128 Å². The van der Waals surface area contributed by atoms with E-state index in [0.717, 1.165) is 43.0 Å². The molecule has 0 aliphatic heterocycles. The van der Waals surface area contributed by atoms with Crippen molar-refractivity contribution in [2.75, 3.05) is 26.2 Å². The first-order valence-corrected chi connectivity index (χ1v) is 7.85. The van der Waals surface area contributed by atoms with E-state index in [0.29, 0.717) is 0 Å². The van der Waals surface area contributed by atoms with Crippen LogP contribution in [0.15, 0.2) is 60.7 Å². The highest BCUT2D eigenvalue weighted by Crippen LogP contribution is 2.15. The number of hydrogen-bond acceptors (Lipinski definition) is 1. The van der Waals surface area contributed by atoms with Gasteiger partial charge in [0.1, 0.15) is 25.4 Å². The molecular weight excluding hydrogens is 258 g/mol. The first-order valence-electron chi connectivity index (χ1n) is 7.85. The molecule has 2 aromatic rings. The van der Waals surface area contributed by atoms with Crippen molar-refractivity contribution in [2.24, 2.45) is 0 Å². The largest absolute Gasteiger partial charge is 0.488 e. The van der Waals surface area contributed by atoms with Crippen molar-refractivity contribution in [3.05, 3.63) is 66.2 Å². The second-order valence-electron chi connectivity index (χ2n) is 5.50. The fourth-order valence-electron chi connectivity index (χ4n) is 2.69. The highest BCUT2D eigenvalue weighted by Gasteiger charge is 2.23. The Balaban J connectivity index is 1.94. The molecule has 0 amide bonds. The van der Waals surface area contributed by atoms with Gasteiger partial charge in [-0.15, -0.1) is 0 Å². The maximum absolute atomic E-state index is 5.89. The molecular formula is C19H26NO+. The summed E-state index contributed by atoms with van der Waals surface area (Å²) in [7, 11) is 0. The van der Waals surface area contributed by atoms with Gasteiger partial charge in [-0.2, -0.15) is 0 Å². The van der Waals surface area contributed by atoms with Crippen LogP contribution in [-0.2, 0) is 6.54 Å². The smallest absolute Gasteiger partial charge is 0.137 e. The molecule has 2 rings (SSSR count). The molecule has 0 radical (unpaired) electrons. The van der Waals surface area contributed by atoms with Gasteiger partial charge in [0.25, 0.3) is 0 Å². The lowest BCUT2D eigenvalue weighted by Gasteiger charge is -2.36. The fraction of sp³-hybridized carbons (Fsp3) is 0.368. The second kappa shape index (κ2) is 7.84. The number of likely N-dealkylation sites (N-methyl/N-ethyl adjacent to an activating group) is 1. The van der Waals surface area contributed by atoms with Crippen LogP contribution in [-0.4, -0.2) is 30.7 Å². The molecule has 2 nitrogen and oxygen atoms in total. The molecule has 0 spiro atoms. The lowest BCUT2D eigenvalue weighted by molar-refractivity contribution is -0.937. The highest BCUT2D eigenvalue weighted by atomic mass is 16.5. The number of nitrogens with zero attached hydrogens (tertiary/aromatic N) is 1. The van der Waals surface area contributed by atoms with Crippen molar-refractivity contribution in [2.45, 2.75) is 20.4 Å². The Morgan fingerprint density at radius 1 is 0.810 bits per heavy atom. The SMILES string of the molecule is CC[N+](CC)(CCOc1ccccc1)Cc1ccccc1. The van der Waals surface area contributed by atoms with Crippen LogP contribution in [0.1, 0.15) is 19.4 Å². The van der Waals surface area contributed by atoms with Crippen LogP contribution in [0.4, 0.5) is 0 Å². The fourth-order valence-corrected chi connectivity index (χ4v) is 2.69. The quantitative estimate of drug-likeness (QED) is 0.663. The second-order valence-corrected chi connectivity index (χ2v) is 5.50. The minimum atomic E-state index is 0.762. The molecule has 2 aromatic carbocycles. The van der Waals surface area contributed by atoms with Gasteiger partial charge in [-0.1, -0.05) is 48.5 Å². The summed E-state index contributed by atoms with van der Waals surface area (Å²) in [6.45, 7) is 9.68. The van der Waals surface area contributed by atoms with Crippen LogP contribution in [0.2, 0.25) is 0 Å². The van der Waals surface area contributed by atoms with Gasteiger partial charge < -0.3 is 9.22 Å². The maximum atomic E-state index is 5.89. The van der Waals surface area contributed by atoms with Crippen LogP contribution in [0.5, 0.6) is 5.75 Å². The molecule has 0 unspecified atom stereocenters. The Morgan fingerprint density at radius 2 is 1.38 bits per heavy atom. The average Bonchev–Trinajstić information content (AvgIpc) is 2.56. The van der Waals surface area contributed by atoms with Gasteiger partial charge in [0, 0.05) is 5.56 Å². The molecule has 0 atom stereocenters. The van der Waals surface area contributed by atoms with Crippen molar-refractivity contribution in [1.29, 1.82) is 0 Å². The van der Waals surface area contributed by atoms with Gasteiger partial charge in [-0.05, 0) is 26.0 Å². The number of para-hydroxylation sites is 1. The van der Waals surface area contributed by atoms with Crippen molar-refractivity contribution < 1.29 is 9.22 Å². The van der Waals surface area contributed by atoms with Gasteiger partial charge in [0.2, 0.25) is 0 Å². The van der Waals surface area contributed by atoms with Crippen molar-refractivity contribution >= 4 is 0 Å². The van der Waals surface area contributed by atoms with E-state index in [2.05, 4.69) is 44.2 Å². The zero-order valence-electron chi connectivity index (χ0n) is 13.2. The molecule has 0 saturated carbocycles. The van der Waals surface area contributed by atoms with E-state index in [1.165, 1.54) is 5.56 Å². The number of hydrogen-bond donors (Lipinski definition) is 0. The third-order valence-corrected chi connectivity index (χ3v) is 4.28. The Bertz CT molecular complexity index is 506. The summed E-state index contributed by atoms with van der Waals surface area (Å²) in [6, 6.07) is 20.8. The summed E-state index contributed by atoms with van der Waals surface area (Å²) >= 11 is 0. The minimum Gasteiger partial charge on any atom is -0.488 e. The first kappa shape index (κ1) is 15.6. The lowest BCUT2D eigenvalue weighted by atomic mass is 10.2. The molecule has 0 aliphatic carbocycles. The minimum absolute atomic E-state index is 0.762. The van der Waals surface area contributed by atoms with Crippen LogP contribution in [0.25, 0.3) is 0 Å². The van der Waals surface area contributed by atoms with E-state index in [1.807, 2.05) is 30.3 Å². The van der Waals surface area contributed by atoms with Gasteiger partial charge in [-0.25, -0.2) is 0 Å². The molecule has 21 heavy (non-hydrogen) atoms. The summed E-state index contributed by atoms with van der Waals surface area (Å²) in [5.41, 5.74) is 1.40. The topological polar surface area (TPSA) is 9.23 Å². The normalized spacial score (nSPS) is 11.3. The molecule has 0 aromatic heterocycles. The first-order chi connectivity index (χ1) is 10.3. The number of ether oxygens (including phenoxy) is 1. The third kappa shape index (κ3) is 4.61. The summed E-state index contributed by atoms with van der Waals surface area (Å²) in [6.07, 6.45) is 0. The predicted octanol–water partition coefficient (Wildman–Crippen LogP) is 4.12. The lowest BCUT2D eigenvalue weighted by Crippen LogP contribution is -2.49. The summed E-state index contributed by atoms with van der Waals surface area (Å²) < 4.78 is 6.95. The monoisotopic (exact) mass is 284 g/mol. The van der Waals surface area contributed by atoms with Gasteiger partial charge in [0.05, 0.1) is 13.1 Å². The van der Waals surface area contributed by atoms with Gasteiger partial charge in [0.15, 0.2) is 0 Å². The number of benzene rings is 2. The Morgan fingerprint density at radius 3 is 1.95 bits per heavy atom. The molecule has 2 heteroatoms. The Hall–Kier alpha value is -1.80. The molecule has 112 valence electrons. The van der Waals surface area contributed by atoms with E-state index >= 15 is 0 Å². The number of rotatable bonds is 8. The molecule has 0 bridgehead atoms. The van der Waals surface area contributed by atoms with Crippen LogP contribution in [0.3, 0.4) is 0 Å². The summed E-state index contributed by atoms with van der Waals surface area (Å²) in [5, 5.41) is 0. The zero-order chi connectivity index (χ0) is 15.0. The van der Waals surface area contributed by atoms with Crippen LogP contribution < -0.4 is 4.74 Å². The maximum Gasteiger partial charge on any atom is 0.137 e. The van der Waals surface area contributed by atoms with Crippen LogP contribution >= 0.6 is 0 Å². The van der Waals surface area contributed by atoms with Gasteiger partial charge in [-0.3, -0.25) is 0 Å². The Kier molecular flexibility index (Phi) is 5.82. The van der Waals surface area contributed by atoms with E-state index in [-0.39, 0.29) is 0 Å². The molecule has 0 heterocycles. The summed E-state index contributed by atoms with van der Waals surface area (Å²) in [4.78, 5) is 0. The van der Waals surface area contributed by atoms with Crippen molar-refractivity contribution in [3.63, 3.8) is 0 Å². The standard InChI is InChI=1S/C19H26NO/c1-3-20(4-2,17-18-11-7-5-8-12-18)15-16-21-19-13-9-6-10-14-19/h5-14H,3-4,15-17H2,1-2H3/q+1. The molecule has 0 N–H and O–H groups in total. The third-order valence-electron chi connectivity index (χ3n) is 4.28. The zero-order valence-corrected chi connectivity index (χ0v) is 13.2.